The first kappa shape index (κ1) is 10.4. The van der Waals surface area contributed by atoms with Crippen molar-refractivity contribution >= 4 is 11.7 Å². The smallest absolute Gasteiger partial charge is 0.271 e. The Morgan fingerprint density at radius 1 is 1.50 bits per heavy atom. The van der Waals surface area contributed by atoms with Gasteiger partial charge < -0.3 is 10.6 Å². The zero-order valence-electron chi connectivity index (χ0n) is 8.37. The zero-order valence-corrected chi connectivity index (χ0v) is 8.37. The van der Waals surface area contributed by atoms with Crippen molar-refractivity contribution < 1.29 is 4.79 Å². The highest BCUT2D eigenvalue weighted by Crippen LogP contribution is 2.00. The van der Waals surface area contributed by atoms with Crippen molar-refractivity contribution in [2.45, 2.75) is 13.3 Å². The first-order valence-corrected chi connectivity index (χ1v) is 4.56. The number of nitrogens with zero attached hydrogens (tertiary/aromatic N) is 2. The molecule has 0 aromatic carbocycles. The summed E-state index contributed by atoms with van der Waals surface area (Å²) in [5.74, 6) is 0.408. The topological polar surface area (TPSA) is 66.9 Å². The van der Waals surface area contributed by atoms with E-state index in [1.54, 1.807) is 13.2 Å². The molecule has 5 heteroatoms. The molecular weight excluding hydrogens is 180 g/mol. The molecule has 1 rings (SSSR count). The van der Waals surface area contributed by atoms with Crippen molar-refractivity contribution in [2.24, 2.45) is 0 Å². The van der Waals surface area contributed by atoms with Gasteiger partial charge in [-0.1, -0.05) is 6.92 Å². The van der Waals surface area contributed by atoms with Crippen molar-refractivity contribution in [1.82, 2.24) is 15.3 Å². The minimum Gasteiger partial charge on any atom is -0.372 e. The number of hydrogen-bond donors (Lipinski definition) is 2. The standard InChI is InChI=1S/C9H14N4O/c1-3-4-12-9(14)7-5-11-6-8(10-2)13-7/h5-6H,3-4H2,1-2H3,(H,10,13)(H,12,14). The fourth-order valence-corrected chi connectivity index (χ4v) is 0.925. The number of rotatable bonds is 4. The van der Waals surface area contributed by atoms with Crippen molar-refractivity contribution in [3.8, 4) is 0 Å². The summed E-state index contributed by atoms with van der Waals surface area (Å²) >= 11 is 0. The van der Waals surface area contributed by atoms with Crippen LogP contribution in [0, 0.1) is 0 Å². The van der Waals surface area contributed by atoms with E-state index in [-0.39, 0.29) is 5.91 Å². The van der Waals surface area contributed by atoms with E-state index >= 15 is 0 Å². The van der Waals surface area contributed by atoms with Gasteiger partial charge in [-0.3, -0.25) is 9.78 Å². The zero-order chi connectivity index (χ0) is 10.4. The molecule has 76 valence electrons. The third kappa shape index (κ3) is 2.69. The second-order valence-corrected chi connectivity index (χ2v) is 2.80. The predicted octanol–water partition coefficient (Wildman–Crippen LogP) is 0.658. The van der Waals surface area contributed by atoms with Crippen molar-refractivity contribution in [3.05, 3.63) is 18.1 Å². The molecule has 0 spiro atoms. The molecule has 5 nitrogen and oxygen atoms in total. The van der Waals surface area contributed by atoms with Crippen LogP contribution in [0.25, 0.3) is 0 Å². The maximum atomic E-state index is 11.4. The molecule has 0 saturated carbocycles. The summed E-state index contributed by atoms with van der Waals surface area (Å²) in [6, 6.07) is 0. The summed E-state index contributed by atoms with van der Waals surface area (Å²) in [6.45, 7) is 2.65. The fourth-order valence-electron chi connectivity index (χ4n) is 0.925. The lowest BCUT2D eigenvalue weighted by Crippen LogP contribution is -2.25. The van der Waals surface area contributed by atoms with Gasteiger partial charge in [-0.15, -0.1) is 0 Å². The third-order valence-electron chi connectivity index (χ3n) is 1.66. The molecule has 0 aliphatic rings. The lowest BCUT2D eigenvalue weighted by Gasteiger charge is -2.03. The molecule has 0 saturated heterocycles. The van der Waals surface area contributed by atoms with Crippen molar-refractivity contribution in [2.75, 3.05) is 18.9 Å². The molecule has 2 N–H and O–H groups in total. The number of carbonyl (C=O) groups is 1. The monoisotopic (exact) mass is 194 g/mol. The highest BCUT2D eigenvalue weighted by atomic mass is 16.1. The van der Waals surface area contributed by atoms with Gasteiger partial charge in [0.1, 0.15) is 11.5 Å². The highest BCUT2D eigenvalue weighted by Gasteiger charge is 2.06. The first-order valence-electron chi connectivity index (χ1n) is 4.56. The van der Waals surface area contributed by atoms with Gasteiger partial charge in [0, 0.05) is 13.6 Å². The molecule has 1 aromatic heterocycles. The van der Waals surface area contributed by atoms with Gasteiger partial charge in [-0.2, -0.15) is 0 Å². The van der Waals surface area contributed by atoms with Gasteiger partial charge in [0.25, 0.3) is 5.91 Å². The Balaban J connectivity index is 2.69. The minimum absolute atomic E-state index is 0.184. The average Bonchev–Trinajstić information content (AvgIpc) is 2.26. The van der Waals surface area contributed by atoms with E-state index in [9.17, 15) is 4.79 Å². The van der Waals surface area contributed by atoms with Gasteiger partial charge in [-0.05, 0) is 6.42 Å². The second-order valence-electron chi connectivity index (χ2n) is 2.80. The van der Waals surface area contributed by atoms with Gasteiger partial charge >= 0.3 is 0 Å². The second kappa shape index (κ2) is 5.16. The highest BCUT2D eigenvalue weighted by molar-refractivity contribution is 5.92. The number of hydrogen-bond acceptors (Lipinski definition) is 4. The van der Waals surface area contributed by atoms with Crippen LogP contribution in [0.15, 0.2) is 12.4 Å². The van der Waals surface area contributed by atoms with Crippen LogP contribution in [0.2, 0.25) is 0 Å². The molecule has 0 unspecified atom stereocenters. The van der Waals surface area contributed by atoms with Crippen LogP contribution in [0.3, 0.4) is 0 Å². The average molecular weight is 194 g/mol. The van der Waals surface area contributed by atoms with Gasteiger partial charge in [0.2, 0.25) is 0 Å². The van der Waals surface area contributed by atoms with Crippen LogP contribution in [0.1, 0.15) is 23.8 Å². The molecule has 1 heterocycles. The summed E-state index contributed by atoms with van der Waals surface area (Å²) in [5.41, 5.74) is 0.338. The lowest BCUT2D eigenvalue weighted by molar-refractivity contribution is 0.0948. The van der Waals surface area contributed by atoms with E-state index in [2.05, 4.69) is 20.6 Å². The Kier molecular flexibility index (Phi) is 3.84. The largest absolute Gasteiger partial charge is 0.372 e. The molecule has 0 aliphatic heterocycles. The quantitative estimate of drug-likeness (QED) is 0.738. The number of nitrogens with one attached hydrogen (secondary N) is 2. The molecule has 0 fully saturated rings. The third-order valence-corrected chi connectivity index (χ3v) is 1.66. The van der Waals surface area contributed by atoms with Gasteiger partial charge in [-0.25, -0.2) is 4.98 Å². The lowest BCUT2D eigenvalue weighted by atomic mass is 10.4. The Morgan fingerprint density at radius 2 is 2.29 bits per heavy atom. The number of amides is 1. The maximum Gasteiger partial charge on any atom is 0.271 e. The van der Waals surface area contributed by atoms with Crippen LogP contribution in [-0.4, -0.2) is 29.5 Å². The summed E-state index contributed by atoms with van der Waals surface area (Å²) in [4.78, 5) is 19.4. The van der Waals surface area contributed by atoms with E-state index in [1.807, 2.05) is 6.92 Å². The Morgan fingerprint density at radius 3 is 2.93 bits per heavy atom. The summed E-state index contributed by atoms with van der Waals surface area (Å²) < 4.78 is 0. The van der Waals surface area contributed by atoms with Crippen molar-refractivity contribution in [1.29, 1.82) is 0 Å². The molecule has 14 heavy (non-hydrogen) atoms. The molecule has 0 atom stereocenters. The SMILES string of the molecule is CCCNC(=O)c1cncc(NC)n1. The van der Waals surface area contributed by atoms with Gasteiger partial charge in [0.15, 0.2) is 0 Å². The van der Waals surface area contributed by atoms with E-state index in [0.29, 0.717) is 18.1 Å². The summed E-state index contributed by atoms with van der Waals surface area (Å²) in [5, 5.41) is 5.56. The Hall–Kier alpha value is -1.65. The van der Waals surface area contributed by atoms with Crippen LogP contribution < -0.4 is 10.6 Å². The van der Waals surface area contributed by atoms with E-state index in [1.165, 1.54) is 6.20 Å². The van der Waals surface area contributed by atoms with Crippen molar-refractivity contribution in [3.63, 3.8) is 0 Å². The first-order chi connectivity index (χ1) is 6.77. The number of carbonyl (C=O) groups excluding carboxylic acids is 1. The van der Waals surface area contributed by atoms with Crippen LogP contribution in [0.5, 0.6) is 0 Å². The van der Waals surface area contributed by atoms with Gasteiger partial charge in [0.05, 0.1) is 12.4 Å². The molecule has 0 radical (unpaired) electrons. The minimum atomic E-state index is -0.184. The normalized spacial score (nSPS) is 9.57. The summed E-state index contributed by atoms with van der Waals surface area (Å²) in [7, 11) is 1.73. The molecule has 1 amide bonds. The number of anilines is 1. The fraction of sp³-hybridized carbons (Fsp3) is 0.444. The Labute approximate surface area is 83.0 Å². The van der Waals surface area contributed by atoms with Crippen LogP contribution in [0.4, 0.5) is 5.82 Å². The molecular formula is C9H14N4O. The predicted molar refractivity (Wildman–Crippen MR) is 54.2 cm³/mol. The maximum absolute atomic E-state index is 11.4. The van der Waals surface area contributed by atoms with E-state index in [0.717, 1.165) is 6.42 Å². The Bertz CT molecular complexity index is 313. The number of aromatic nitrogens is 2. The molecule has 0 aliphatic carbocycles. The van der Waals surface area contributed by atoms with E-state index < -0.39 is 0 Å². The molecule has 1 aromatic rings. The van der Waals surface area contributed by atoms with E-state index in [4.69, 9.17) is 0 Å². The van der Waals surface area contributed by atoms with Crippen LogP contribution >= 0.6 is 0 Å². The van der Waals surface area contributed by atoms with Crippen LogP contribution in [-0.2, 0) is 0 Å². The summed E-state index contributed by atoms with van der Waals surface area (Å²) in [6.07, 6.45) is 3.92. The molecule has 0 bridgehead atoms.